The van der Waals surface area contributed by atoms with Gasteiger partial charge in [0.1, 0.15) is 12.4 Å². The van der Waals surface area contributed by atoms with Gasteiger partial charge < -0.3 is 4.74 Å². The van der Waals surface area contributed by atoms with Crippen molar-refractivity contribution in [2.75, 3.05) is 6.61 Å². The molecule has 88 valence electrons. The summed E-state index contributed by atoms with van der Waals surface area (Å²) in [5.74, 6) is 0.775. The second-order valence-corrected chi connectivity index (χ2v) is 4.30. The van der Waals surface area contributed by atoms with Crippen molar-refractivity contribution < 1.29 is 4.74 Å². The van der Waals surface area contributed by atoms with Gasteiger partial charge in [-0.05, 0) is 30.3 Å². The zero-order valence-corrected chi connectivity index (χ0v) is 10.6. The molecule has 0 saturated carbocycles. The molecule has 0 amide bonds. The van der Waals surface area contributed by atoms with Gasteiger partial charge in [-0.2, -0.15) is 5.10 Å². The van der Waals surface area contributed by atoms with E-state index in [1.54, 1.807) is 12.3 Å². The molecule has 1 heterocycles. The minimum Gasteiger partial charge on any atom is -0.492 e. The molecule has 17 heavy (non-hydrogen) atoms. The van der Waals surface area contributed by atoms with Gasteiger partial charge >= 0.3 is 0 Å². The van der Waals surface area contributed by atoms with Crippen LogP contribution in [-0.2, 0) is 6.54 Å². The Morgan fingerprint density at radius 3 is 2.71 bits per heavy atom. The maximum absolute atomic E-state index is 11.3. The minimum absolute atomic E-state index is 0.119. The van der Waals surface area contributed by atoms with Gasteiger partial charge in [-0.15, -0.1) is 0 Å². The topological polar surface area (TPSA) is 44.1 Å². The average molecular weight is 295 g/mol. The summed E-state index contributed by atoms with van der Waals surface area (Å²) in [6.07, 6.45) is 1.58. The van der Waals surface area contributed by atoms with Gasteiger partial charge in [0.15, 0.2) is 0 Å². The van der Waals surface area contributed by atoms with E-state index in [1.807, 2.05) is 24.3 Å². The van der Waals surface area contributed by atoms with Crippen LogP contribution in [0.2, 0.25) is 0 Å². The Balaban J connectivity index is 1.90. The Morgan fingerprint density at radius 1 is 1.24 bits per heavy atom. The highest BCUT2D eigenvalue weighted by Crippen LogP contribution is 2.15. The number of aromatic nitrogens is 2. The van der Waals surface area contributed by atoms with Crippen LogP contribution in [0.25, 0.3) is 0 Å². The fourth-order valence-electron chi connectivity index (χ4n) is 1.34. The summed E-state index contributed by atoms with van der Waals surface area (Å²) >= 11 is 3.35. The molecule has 2 rings (SSSR count). The minimum atomic E-state index is -0.119. The molecule has 4 nitrogen and oxygen atoms in total. The summed E-state index contributed by atoms with van der Waals surface area (Å²) < 4.78 is 7.88. The number of benzene rings is 1. The van der Waals surface area contributed by atoms with Crippen LogP contribution in [0.5, 0.6) is 5.75 Å². The molecule has 0 radical (unpaired) electrons. The monoisotopic (exact) mass is 294 g/mol. The predicted octanol–water partition coefficient (Wildman–Crippen LogP) is 2.08. The van der Waals surface area contributed by atoms with Crippen LogP contribution in [0.4, 0.5) is 0 Å². The third-order valence-electron chi connectivity index (χ3n) is 2.17. The molecule has 1 aromatic heterocycles. The molecule has 0 bridgehead atoms. The van der Waals surface area contributed by atoms with E-state index in [1.165, 1.54) is 10.7 Å². The van der Waals surface area contributed by atoms with E-state index in [-0.39, 0.29) is 5.56 Å². The number of hydrogen-bond donors (Lipinski definition) is 0. The number of nitrogens with zero attached hydrogens (tertiary/aromatic N) is 2. The van der Waals surface area contributed by atoms with Crippen LogP contribution in [0.3, 0.4) is 0 Å². The van der Waals surface area contributed by atoms with Gasteiger partial charge in [0.2, 0.25) is 0 Å². The largest absolute Gasteiger partial charge is 0.492 e. The Morgan fingerprint density at radius 2 is 2.00 bits per heavy atom. The van der Waals surface area contributed by atoms with Crippen molar-refractivity contribution in [3.8, 4) is 5.75 Å². The van der Waals surface area contributed by atoms with Gasteiger partial charge in [0, 0.05) is 16.7 Å². The molecule has 0 saturated heterocycles. The van der Waals surface area contributed by atoms with E-state index in [2.05, 4.69) is 21.0 Å². The Labute approximate surface area is 107 Å². The lowest BCUT2D eigenvalue weighted by atomic mass is 10.3. The fraction of sp³-hybridized carbons (Fsp3) is 0.167. The third kappa shape index (κ3) is 3.42. The van der Waals surface area contributed by atoms with Gasteiger partial charge in [-0.3, -0.25) is 4.79 Å². The summed E-state index contributed by atoms with van der Waals surface area (Å²) in [6.45, 7) is 0.855. The van der Waals surface area contributed by atoms with E-state index >= 15 is 0 Å². The van der Waals surface area contributed by atoms with Crippen LogP contribution >= 0.6 is 15.9 Å². The summed E-state index contributed by atoms with van der Waals surface area (Å²) in [6, 6.07) is 10.6. The van der Waals surface area contributed by atoms with Gasteiger partial charge in [0.05, 0.1) is 6.54 Å². The second kappa shape index (κ2) is 5.63. The highest BCUT2D eigenvalue weighted by Gasteiger charge is 1.97. The first-order chi connectivity index (χ1) is 8.25. The predicted molar refractivity (Wildman–Crippen MR) is 68.1 cm³/mol. The first kappa shape index (κ1) is 11.9. The average Bonchev–Trinajstić information content (AvgIpc) is 2.34. The molecular formula is C12H11BrN2O2. The van der Waals surface area contributed by atoms with Crippen LogP contribution in [0.1, 0.15) is 0 Å². The van der Waals surface area contributed by atoms with E-state index in [4.69, 9.17) is 4.74 Å². The van der Waals surface area contributed by atoms with Crippen molar-refractivity contribution in [2.24, 2.45) is 0 Å². The summed E-state index contributed by atoms with van der Waals surface area (Å²) in [5, 5.41) is 3.94. The maximum atomic E-state index is 11.3. The zero-order chi connectivity index (χ0) is 12.1. The Kier molecular flexibility index (Phi) is 3.93. The highest BCUT2D eigenvalue weighted by molar-refractivity contribution is 9.10. The van der Waals surface area contributed by atoms with Crippen LogP contribution in [-0.4, -0.2) is 16.4 Å². The standard InChI is InChI=1S/C12H11BrN2O2/c13-10-3-5-11(6-4-10)17-9-8-15-12(16)2-1-7-14-15/h1-7H,8-9H2. The SMILES string of the molecule is O=c1cccnn1CCOc1ccc(Br)cc1. The maximum Gasteiger partial charge on any atom is 0.266 e. The second-order valence-electron chi connectivity index (χ2n) is 3.39. The summed E-state index contributed by atoms with van der Waals surface area (Å²) in [7, 11) is 0. The van der Waals surface area contributed by atoms with Gasteiger partial charge in [-0.25, -0.2) is 4.68 Å². The lowest BCUT2D eigenvalue weighted by molar-refractivity contribution is 0.287. The van der Waals surface area contributed by atoms with E-state index in [9.17, 15) is 4.79 Å². The van der Waals surface area contributed by atoms with Crippen LogP contribution < -0.4 is 10.3 Å². The smallest absolute Gasteiger partial charge is 0.266 e. The van der Waals surface area contributed by atoms with Crippen LogP contribution in [0, 0.1) is 0 Å². The molecule has 0 atom stereocenters. The normalized spacial score (nSPS) is 10.2. The highest BCUT2D eigenvalue weighted by atomic mass is 79.9. The van der Waals surface area contributed by atoms with Crippen molar-refractivity contribution in [1.29, 1.82) is 0 Å². The Bertz CT molecular complexity index is 537. The first-order valence-corrected chi connectivity index (χ1v) is 5.95. The summed E-state index contributed by atoms with van der Waals surface area (Å²) in [4.78, 5) is 11.3. The summed E-state index contributed by atoms with van der Waals surface area (Å²) in [5.41, 5.74) is -0.119. The number of halogens is 1. The lowest BCUT2D eigenvalue weighted by Gasteiger charge is -2.06. The molecule has 5 heteroatoms. The first-order valence-electron chi connectivity index (χ1n) is 5.16. The molecular weight excluding hydrogens is 284 g/mol. The van der Waals surface area contributed by atoms with Crippen molar-refractivity contribution in [2.45, 2.75) is 6.54 Å². The number of rotatable bonds is 4. The van der Waals surface area contributed by atoms with E-state index in [0.717, 1.165) is 10.2 Å². The van der Waals surface area contributed by atoms with Crippen molar-refractivity contribution in [1.82, 2.24) is 9.78 Å². The molecule has 0 aliphatic carbocycles. The molecule has 0 N–H and O–H groups in total. The van der Waals surface area contributed by atoms with Gasteiger partial charge in [0.25, 0.3) is 5.56 Å². The quantitative estimate of drug-likeness (QED) is 0.867. The van der Waals surface area contributed by atoms with E-state index < -0.39 is 0 Å². The molecule has 0 unspecified atom stereocenters. The molecule has 0 fully saturated rings. The lowest BCUT2D eigenvalue weighted by Crippen LogP contribution is -2.24. The number of ether oxygens (including phenoxy) is 1. The van der Waals surface area contributed by atoms with Crippen molar-refractivity contribution in [3.63, 3.8) is 0 Å². The molecule has 0 spiro atoms. The van der Waals surface area contributed by atoms with Crippen molar-refractivity contribution >= 4 is 15.9 Å². The number of hydrogen-bond acceptors (Lipinski definition) is 3. The zero-order valence-electron chi connectivity index (χ0n) is 9.04. The molecule has 2 aromatic rings. The van der Waals surface area contributed by atoms with Gasteiger partial charge in [-0.1, -0.05) is 15.9 Å². The Hall–Kier alpha value is -1.62. The molecule has 1 aromatic carbocycles. The molecule has 0 aliphatic rings. The fourth-order valence-corrected chi connectivity index (χ4v) is 1.60. The van der Waals surface area contributed by atoms with E-state index in [0.29, 0.717) is 13.2 Å². The van der Waals surface area contributed by atoms with Crippen molar-refractivity contribution in [3.05, 3.63) is 57.4 Å². The molecule has 0 aliphatic heterocycles. The third-order valence-corrected chi connectivity index (χ3v) is 2.70. The van der Waals surface area contributed by atoms with Crippen LogP contribution in [0.15, 0.2) is 51.9 Å².